The van der Waals surface area contributed by atoms with Crippen molar-refractivity contribution in [2.45, 2.75) is 38.6 Å². The minimum Gasteiger partial charge on any atom is -0.491 e. The molecule has 1 aromatic rings. The minimum absolute atomic E-state index is 0.607. The minimum atomic E-state index is 0.607. The zero-order valence-corrected chi connectivity index (χ0v) is 12.6. The van der Waals surface area contributed by atoms with Crippen LogP contribution in [-0.2, 0) is 11.3 Å². The maximum absolute atomic E-state index is 5.56. The van der Waals surface area contributed by atoms with Gasteiger partial charge in [-0.05, 0) is 43.0 Å². The van der Waals surface area contributed by atoms with E-state index in [0.29, 0.717) is 13.2 Å². The summed E-state index contributed by atoms with van der Waals surface area (Å²) in [6, 6.07) is 8.34. The summed E-state index contributed by atoms with van der Waals surface area (Å²) in [4.78, 5) is 0. The molecule has 0 aliphatic heterocycles. The standard InChI is InChI=1S/C17H27NO2/c1-19-11-12-20-17-9-7-16(8-10-17)14-18-13-15-5-3-2-4-6-15/h7-10,15,18H,2-6,11-14H2,1H3. The van der Waals surface area contributed by atoms with E-state index in [4.69, 9.17) is 9.47 Å². The van der Waals surface area contributed by atoms with Crippen LogP contribution >= 0.6 is 0 Å². The van der Waals surface area contributed by atoms with E-state index in [1.165, 1.54) is 37.7 Å². The molecule has 1 saturated carbocycles. The Morgan fingerprint density at radius 2 is 1.80 bits per heavy atom. The Hall–Kier alpha value is -1.06. The second-order valence-corrected chi connectivity index (χ2v) is 5.62. The molecule has 0 spiro atoms. The quantitative estimate of drug-likeness (QED) is 0.739. The first-order valence-corrected chi connectivity index (χ1v) is 7.80. The summed E-state index contributed by atoms with van der Waals surface area (Å²) >= 11 is 0. The molecule has 2 rings (SSSR count). The van der Waals surface area contributed by atoms with Crippen molar-refractivity contribution in [1.82, 2.24) is 5.32 Å². The van der Waals surface area contributed by atoms with Gasteiger partial charge in [0, 0.05) is 13.7 Å². The van der Waals surface area contributed by atoms with Gasteiger partial charge in [0.05, 0.1) is 6.61 Å². The molecule has 3 heteroatoms. The maximum atomic E-state index is 5.56. The summed E-state index contributed by atoms with van der Waals surface area (Å²) < 4.78 is 10.5. The van der Waals surface area contributed by atoms with Gasteiger partial charge in [-0.25, -0.2) is 0 Å². The lowest BCUT2D eigenvalue weighted by molar-refractivity contribution is 0.146. The van der Waals surface area contributed by atoms with Crippen LogP contribution in [0.1, 0.15) is 37.7 Å². The molecule has 1 fully saturated rings. The number of rotatable bonds is 8. The van der Waals surface area contributed by atoms with Crippen LogP contribution in [0.4, 0.5) is 0 Å². The van der Waals surface area contributed by atoms with Crippen LogP contribution in [0.15, 0.2) is 24.3 Å². The highest BCUT2D eigenvalue weighted by atomic mass is 16.5. The average Bonchev–Trinajstić information content (AvgIpc) is 2.50. The van der Waals surface area contributed by atoms with Gasteiger partial charge in [-0.3, -0.25) is 0 Å². The van der Waals surface area contributed by atoms with Crippen molar-refractivity contribution in [2.75, 3.05) is 26.9 Å². The number of methoxy groups -OCH3 is 1. The molecule has 0 radical (unpaired) electrons. The van der Waals surface area contributed by atoms with Gasteiger partial charge in [-0.15, -0.1) is 0 Å². The highest BCUT2D eigenvalue weighted by Crippen LogP contribution is 2.22. The Morgan fingerprint density at radius 3 is 2.50 bits per heavy atom. The van der Waals surface area contributed by atoms with Crippen molar-refractivity contribution < 1.29 is 9.47 Å². The molecule has 0 unspecified atom stereocenters. The number of hydrogen-bond acceptors (Lipinski definition) is 3. The van der Waals surface area contributed by atoms with Crippen molar-refractivity contribution in [3.05, 3.63) is 29.8 Å². The molecule has 0 amide bonds. The lowest BCUT2D eigenvalue weighted by Crippen LogP contribution is -2.24. The topological polar surface area (TPSA) is 30.5 Å². The fourth-order valence-corrected chi connectivity index (χ4v) is 2.76. The Morgan fingerprint density at radius 1 is 1.05 bits per heavy atom. The van der Waals surface area contributed by atoms with Crippen LogP contribution < -0.4 is 10.1 Å². The molecule has 3 nitrogen and oxygen atoms in total. The Labute approximate surface area is 122 Å². The van der Waals surface area contributed by atoms with Gasteiger partial charge in [0.2, 0.25) is 0 Å². The SMILES string of the molecule is COCCOc1ccc(CNCC2CCCCC2)cc1. The van der Waals surface area contributed by atoms with Gasteiger partial charge in [-0.2, -0.15) is 0 Å². The van der Waals surface area contributed by atoms with Gasteiger partial charge in [-0.1, -0.05) is 31.4 Å². The van der Waals surface area contributed by atoms with E-state index in [9.17, 15) is 0 Å². The Kier molecular flexibility index (Phi) is 6.89. The number of nitrogens with one attached hydrogen (secondary N) is 1. The Bertz CT molecular complexity index is 358. The van der Waals surface area contributed by atoms with E-state index in [1.54, 1.807) is 7.11 Å². The summed E-state index contributed by atoms with van der Waals surface area (Å²) in [5, 5.41) is 3.58. The second-order valence-electron chi connectivity index (χ2n) is 5.62. The van der Waals surface area contributed by atoms with Crippen LogP contribution in [0.25, 0.3) is 0 Å². The molecule has 1 aliphatic carbocycles. The van der Waals surface area contributed by atoms with Crippen LogP contribution in [0, 0.1) is 5.92 Å². The van der Waals surface area contributed by atoms with Crippen LogP contribution in [0.2, 0.25) is 0 Å². The molecule has 1 aromatic carbocycles. The van der Waals surface area contributed by atoms with Crippen molar-refractivity contribution >= 4 is 0 Å². The lowest BCUT2D eigenvalue weighted by atomic mass is 9.89. The maximum Gasteiger partial charge on any atom is 0.119 e. The third-order valence-corrected chi connectivity index (χ3v) is 3.97. The summed E-state index contributed by atoms with van der Waals surface area (Å²) in [5.41, 5.74) is 1.32. The van der Waals surface area contributed by atoms with Gasteiger partial charge < -0.3 is 14.8 Å². The third kappa shape index (κ3) is 5.51. The third-order valence-electron chi connectivity index (χ3n) is 3.97. The van der Waals surface area contributed by atoms with Crippen LogP contribution in [0.3, 0.4) is 0 Å². The highest BCUT2D eigenvalue weighted by molar-refractivity contribution is 5.27. The van der Waals surface area contributed by atoms with Crippen LogP contribution in [-0.4, -0.2) is 26.9 Å². The van der Waals surface area contributed by atoms with Gasteiger partial charge in [0.15, 0.2) is 0 Å². The van der Waals surface area contributed by atoms with Crippen LogP contribution in [0.5, 0.6) is 5.75 Å². The highest BCUT2D eigenvalue weighted by Gasteiger charge is 2.12. The first-order chi connectivity index (χ1) is 9.88. The van der Waals surface area contributed by atoms with Crippen molar-refractivity contribution in [2.24, 2.45) is 5.92 Å². The summed E-state index contributed by atoms with van der Waals surface area (Å²) in [6.45, 7) is 3.35. The predicted molar refractivity (Wildman–Crippen MR) is 82.1 cm³/mol. The zero-order valence-electron chi connectivity index (χ0n) is 12.6. The zero-order chi connectivity index (χ0) is 14.0. The van der Waals surface area contributed by atoms with E-state index in [0.717, 1.165) is 24.8 Å². The Balaban J connectivity index is 1.65. The van der Waals surface area contributed by atoms with Gasteiger partial charge in [0.1, 0.15) is 12.4 Å². The molecule has 20 heavy (non-hydrogen) atoms. The van der Waals surface area contributed by atoms with E-state index in [2.05, 4.69) is 17.4 Å². The molecular formula is C17H27NO2. The van der Waals surface area contributed by atoms with Crippen molar-refractivity contribution in [3.8, 4) is 5.75 Å². The predicted octanol–water partition coefficient (Wildman–Crippen LogP) is 3.38. The first-order valence-electron chi connectivity index (χ1n) is 7.80. The van der Waals surface area contributed by atoms with E-state index in [-0.39, 0.29) is 0 Å². The van der Waals surface area contributed by atoms with Crippen molar-refractivity contribution in [3.63, 3.8) is 0 Å². The smallest absolute Gasteiger partial charge is 0.119 e. The first kappa shape index (κ1) is 15.3. The van der Waals surface area contributed by atoms with E-state index < -0.39 is 0 Å². The summed E-state index contributed by atoms with van der Waals surface area (Å²) in [5.74, 6) is 1.80. The molecular weight excluding hydrogens is 250 g/mol. The molecule has 112 valence electrons. The van der Waals surface area contributed by atoms with Gasteiger partial charge in [0.25, 0.3) is 0 Å². The number of benzene rings is 1. The number of ether oxygens (including phenoxy) is 2. The van der Waals surface area contributed by atoms with Gasteiger partial charge >= 0.3 is 0 Å². The monoisotopic (exact) mass is 277 g/mol. The second kappa shape index (κ2) is 8.98. The summed E-state index contributed by atoms with van der Waals surface area (Å²) in [7, 11) is 1.68. The van der Waals surface area contributed by atoms with E-state index >= 15 is 0 Å². The normalized spacial score (nSPS) is 16.2. The van der Waals surface area contributed by atoms with Crippen molar-refractivity contribution in [1.29, 1.82) is 0 Å². The molecule has 0 atom stereocenters. The molecule has 1 aliphatic rings. The molecule has 0 aromatic heterocycles. The van der Waals surface area contributed by atoms with E-state index in [1.807, 2.05) is 12.1 Å². The molecule has 0 saturated heterocycles. The molecule has 1 N–H and O–H groups in total. The summed E-state index contributed by atoms with van der Waals surface area (Å²) in [6.07, 6.45) is 7.07. The molecule has 0 bridgehead atoms. The molecule has 0 heterocycles. The average molecular weight is 277 g/mol. The number of hydrogen-bond donors (Lipinski definition) is 1. The fourth-order valence-electron chi connectivity index (χ4n) is 2.76. The largest absolute Gasteiger partial charge is 0.491 e. The fraction of sp³-hybridized carbons (Fsp3) is 0.647. The lowest BCUT2D eigenvalue weighted by Gasteiger charge is -2.21.